The van der Waals surface area contributed by atoms with E-state index in [9.17, 15) is 4.39 Å². The van der Waals surface area contributed by atoms with E-state index in [1.165, 1.54) is 6.07 Å². The van der Waals surface area contributed by atoms with Crippen molar-refractivity contribution in [2.75, 3.05) is 0 Å². The summed E-state index contributed by atoms with van der Waals surface area (Å²) in [7, 11) is 0. The average molecular weight is 273 g/mol. The summed E-state index contributed by atoms with van der Waals surface area (Å²) in [5, 5.41) is 24.3. The van der Waals surface area contributed by atoms with Crippen LogP contribution in [0.5, 0.6) is 0 Å². The first kappa shape index (κ1) is 12.4. The van der Waals surface area contributed by atoms with Crippen LogP contribution in [0.2, 0.25) is 0 Å². The van der Waals surface area contributed by atoms with Crippen LogP contribution < -0.4 is 0 Å². The Balaban J connectivity index is 2.12. The second-order valence-corrected chi connectivity index (χ2v) is 4.55. The maximum absolute atomic E-state index is 13.8. The minimum absolute atomic E-state index is 0.226. The molecule has 0 fully saturated rings. The van der Waals surface area contributed by atoms with Crippen LogP contribution in [0.1, 0.15) is 17.5 Å². The molecule has 2 aromatic rings. The fourth-order valence-electron chi connectivity index (χ4n) is 2.45. The van der Waals surface area contributed by atoms with Crippen molar-refractivity contribution in [2.24, 2.45) is 10.3 Å². The molecule has 0 unspecified atom stereocenters. The van der Waals surface area contributed by atoms with Gasteiger partial charge in [0.25, 0.3) is 0 Å². The van der Waals surface area contributed by atoms with Gasteiger partial charge in [0.2, 0.25) is 0 Å². The molecule has 0 spiro atoms. The van der Waals surface area contributed by atoms with Crippen molar-refractivity contribution >= 4 is 11.4 Å². The number of rotatable bonds is 1. The van der Waals surface area contributed by atoms with Gasteiger partial charge in [-0.05, 0) is 30.5 Å². The molecule has 3 rings (SSSR count). The molecular formula is C14H12FN3O2. The Morgan fingerprint density at radius 2 is 1.85 bits per heavy atom. The van der Waals surface area contributed by atoms with E-state index >= 15 is 0 Å². The smallest absolute Gasteiger partial charge is 0.147 e. The standard InChI is InChI=1S/C14H12FN3O2/c15-11-3-1-2-4-13(11)18-7-9-5-6-12(16-19)14(17-20)10(9)8-18/h1-4,7-8,19-20H,5-6H2/b16-12+,17-14-. The van der Waals surface area contributed by atoms with Crippen molar-refractivity contribution in [2.45, 2.75) is 12.8 Å². The van der Waals surface area contributed by atoms with Crippen molar-refractivity contribution in [3.63, 3.8) is 0 Å². The topological polar surface area (TPSA) is 70.1 Å². The first-order chi connectivity index (χ1) is 9.74. The number of para-hydroxylation sites is 1. The van der Waals surface area contributed by atoms with E-state index in [0.29, 0.717) is 29.8 Å². The van der Waals surface area contributed by atoms with E-state index < -0.39 is 0 Å². The van der Waals surface area contributed by atoms with E-state index in [-0.39, 0.29) is 11.5 Å². The maximum atomic E-state index is 13.8. The molecule has 0 radical (unpaired) electrons. The first-order valence-corrected chi connectivity index (χ1v) is 6.14. The Hall–Kier alpha value is -2.63. The number of halogens is 1. The zero-order chi connectivity index (χ0) is 14.1. The molecule has 6 heteroatoms. The van der Waals surface area contributed by atoms with Gasteiger partial charge < -0.3 is 15.0 Å². The van der Waals surface area contributed by atoms with Crippen LogP contribution in [-0.2, 0) is 6.42 Å². The molecule has 1 heterocycles. The molecule has 1 aromatic carbocycles. The van der Waals surface area contributed by atoms with Crippen molar-refractivity contribution in [1.29, 1.82) is 0 Å². The Morgan fingerprint density at radius 1 is 1.05 bits per heavy atom. The average Bonchev–Trinajstić information content (AvgIpc) is 2.90. The van der Waals surface area contributed by atoms with Gasteiger partial charge in [-0.2, -0.15) is 0 Å². The van der Waals surface area contributed by atoms with Gasteiger partial charge >= 0.3 is 0 Å². The summed E-state index contributed by atoms with van der Waals surface area (Å²) < 4.78 is 15.4. The number of aromatic nitrogens is 1. The van der Waals surface area contributed by atoms with Crippen molar-refractivity contribution < 1.29 is 14.8 Å². The molecule has 5 nitrogen and oxygen atoms in total. The monoisotopic (exact) mass is 273 g/mol. The number of aryl methyl sites for hydroxylation is 1. The molecule has 0 amide bonds. The lowest BCUT2D eigenvalue weighted by Gasteiger charge is -2.12. The number of hydrogen-bond donors (Lipinski definition) is 2. The largest absolute Gasteiger partial charge is 0.411 e. The minimum atomic E-state index is -0.335. The van der Waals surface area contributed by atoms with E-state index in [1.807, 2.05) is 0 Å². The summed E-state index contributed by atoms with van der Waals surface area (Å²) in [6, 6.07) is 6.42. The predicted molar refractivity (Wildman–Crippen MR) is 71.6 cm³/mol. The van der Waals surface area contributed by atoms with E-state index in [1.54, 1.807) is 35.2 Å². The minimum Gasteiger partial charge on any atom is -0.411 e. The van der Waals surface area contributed by atoms with Gasteiger partial charge in [-0.3, -0.25) is 0 Å². The van der Waals surface area contributed by atoms with Gasteiger partial charge in [-0.25, -0.2) is 4.39 Å². The number of oxime groups is 2. The zero-order valence-corrected chi connectivity index (χ0v) is 10.5. The highest BCUT2D eigenvalue weighted by atomic mass is 19.1. The number of fused-ring (bicyclic) bond motifs is 1. The van der Waals surface area contributed by atoms with Gasteiger partial charge in [0.1, 0.15) is 17.2 Å². The highest BCUT2D eigenvalue weighted by molar-refractivity contribution is 6.49. The van der Waals surface area contributed by atoms with Crippen LogP contribution in [0.3, 0.4) is 0 Å². The third-order valence-corrected chi connectivity index (χ3v) is 3.42. The third kappa shape index (κ3) is 1.85. The second-order valence-electron chi connectivity index (χ2n) is 4.55. The number of nitrogens with zero attached hydrogens (tertiary/aromatic N) is 3. The fraction of sp³-hybridized carbons (Fsp3) is 0.143. The highest BCUT2D eigenvalue weighted by Gasteiger charge is 2.25. The lowest BCUT2D eigenvalue weighted by Crippen LogP contribution is -2.22. The second kappa shape index (κ2) is 4.80. The fourth-order valence-corrected chi connectivity index (χ4v) is 2.45. The van der Waals surface area contributed by atoms with Crippen molar-refractivity contribution in [1.82, 2.24) is 4.57 Å². The summed E-state index contributed by atoms with van der Waals surface area (Å²) >= 11 is 0. The first-order valence-electron chi connectivity index (χ1n) is 6.14. The molecule has 0 atom stereocenters. The van der Waals surface area contributed by atoms with Crippen LogP contribution in [0, 0.1) is 5.82 Å². The Morgan fingerprint density at radius 3 is 2.55 bits per heavy atom. The summed E-state index contributed by atoms with van der Waals surface area (Å²) in [5.74, 6) is -0.335. The van der Waals surface area contributed by atoms with E-state index in [0.717, 1.165) is 5.56 Å². The maximum Gasteiger partial charge on any atom is 0.147 e. The Kier molecular flexibility index (Phi) is 2.98. The predicted octanol–water partition coefficient (Wildman–Crippen LogP) is 2.57. The normalized spacial score (nSPS) is 18.4. The molecule has 1 aromatic heterocycles. The Bertz CT molecular complexity index is 719. The van der Waals surface area contributed by atoms with Gasteiger partial charge in [-0.1, -0.05) is 22.4 Å². The molecule has 1 aliphatic carbocycles. The molecule has 0 bridgehead atoms. The molecule has 0 saturated heterocycles. The van der Waals surface area contributed by atoms with Crippen LogP contribution in [0.4, 0.5) is 4.39 Å². The number of hydrogen-bond acceptors (Lipinski definition) is 4. The third-order valence-electron chi connectivity index (χ3n) is 3.42. The van der Waals surface area contributed by atoms with Crippen LogP contribution in [0.15, 0.2) is 47.0 Å². The molecule has 0 saturated carbocycles. The quantitative estimate of drug-likeness (QED) is 0.619. The van der Waals surface area contributed by atoms with E-state index in [2.05, 4.69) is 10.3 Å². The zero-order valence-electron chi connectivity index (χ0n) is 10.5. The van der Waals surface area contributed by atoms with Gasteiger partial charge in [0, 0.05) is 18.0 Å². The van der Waals surface area contributed by atoms with Crippen LogP contribution in [0.25, 0.3) is 5.69 Å². The van der Waals surface area contributed by atoms with Gasteiger partial charge in [0.15, 0.2) is 0 Å². The molecule has 20 heavy (non-hydrogen) atoms. The van der Waals surface area contributed by atoms with Crippen molar-refractivity contribution in [3.8, 4) is 5.69 Å². The molecule has 102 valence electrons. The Labute approximate surface area is 114 Å². The summed E-state index contributed by atoms with van der Waals surface area (Å²) in [4.78, 5) is 0. The molecule has 0 aliphatic heterocycles. The SMILES string of the molecule is O/N=C1\C(=N\O)CCc2cn(-c3ccccc3F)cc21. The summed E-state index contributed by atoms with van der Waals surface area (Å²) in [6.07, 6.45) is 4.60. The number of benzene rings is 1. The van der Waals surface area contributed by atoms with Gasteiger partial charge in [-0.15, -0.1) is 0 Å². The van der Waals surface area contributed by atoms with Crippen LogP contribution in [-0.4, -0.2) is 26.4 Å². The van der Waals surface area contributed by atoms with E-state index in [4.69, 9.17) is 10.4 Å². The highest BCUT2D eigenvalue weighted by Crippen LogP contribution is 2.24. The summed E-state index contributed by atoms with van der Waals surface area (Å²) in [5.41, 5.74) is 2.54. The summed E-state index contributed by atoms with van der Waals surface area (Å²) in [6.45, 7) is 0. The molecule has 1 aliphatic rings. The molecule has 2 N–H and O–H groups in total. The lowest BCUT2D eigenvalue weighted by atomic mass is 9.92. The lowest BCUT2D eigenvalue weighted by molar-refractivity contribution is 0.313. The van der Waals surface area contributed by atoms with Crippen molar-refractivity contribution in [3.05, 3.63) is 53.6 Å². The van der Waals surface area contributed by atoms with Gasteiger partial charge in [0.05, 0.1) is 5.69 Å². The van der Waals surface area contributed by atoms with Crippen LogP contribution >= 0.6 is 0 Å². The molecular weight excluding hydrogens is 261 g/mol.